The van der Waals surface area contributed by atoms with Gasteiger partial charge in [0.05, 0.1) is 23.9 Å². The number of benzene rings is 1. The lowest BCUT2D eigenvalue weighted by atomic mass is 10.1. The minimum Gasteiger partial charge on any atom is -0.392 e. The van der Waals surface area contributed by atoms with Crippen LogP contribution in [0, 0.1) is 17.1 Å². The minimum atomic E-state index is -0.478. The third-order valence-corrected chi connectivity index (χ3v) is 9.38. The van der Waals surface area contributed by atoms with E-state index in [0.29, 0.717) is 59.7 Å². The number of nitriles is 1. The van der Waals surface area contributed by atoms with Crippen LogP contribution in [0.15, 0.2) is 55.0 Å². The van der Waals surface area contributed by atoms with Gasteiger partial charge < -0.3 is 25.5 Å². The highest BCUT2D eigenvalue weighted by Crippen LogP contribution is 2.37. The zero-order valence-corrected chi connectivity index (χ0v) is 26.0. The molecule has 7 rings (SSSR count). The topological polar surface area (TPSA) is 148 Å². The number of hydrogen-bond acceptors (Lipinski definition) is 11. The molecule has 2 saturated heterocycles. The first kappa shape index (κ1) is 29.7. The Morgan fingerprint density at radius 3 is 2.57 bits per heavy atom. The molecule has 1 amide bonds. The smallest absolute Gasteiger partial charge is 0.237 e. The number of hydrogen-bond donors (Lipinski definition) is 3. The Morgan fingerprint density at radius 2 is 1.89 bits per heavy atom. The first-order chi connectivity index (χ1) is 22.3. The number of pyridine rings is 1. The molecular formula is C32H31FN10O2S. The fourth-order valence-corrected chi connectivity index (χ4v) is 6.70. The number of carbonyl (C=O) groups is 1. The van der Waals surface area contributed by atoms with Crippen LogP contribution in [0.25, 0.3) is 28.0 Å². The monoisotopic (exact) mass is 638 g/mol. The molecule has 1 unspecified atom stereocenters. The Kier molecular flexibility index (Phi) is 7.81. The molecule has 2 fully saturated rings. The van der Waals surface area contributed by atoms with Gasteiger partial charge in [-0.15, -0.1) is 0 Å². The average Bonchev–Trinajstić information content (AvgIpc) is 3.79. The van der Waals surface area contributed by atoms with Crippen LogP contribution in [0.3, 0.4) is 0 Å². The predicted molar refractivity (Wildman–Crippen MR) is 172 cm³/mol. The maximum absolute atomic E-state index is 13.5. The molecule has 1 aromatic carbocycles. The SMILES string of the molecule is CCc1nc2ccc(-c3cnc(N4CC(NC(=O)[C@H]5CC(O)CN5)C4)nc3)cn2c1N(C)c1nc(-c2ccc(F)cc2)c(C#N)s1. The van der Waals surface area contributed by atoms with Crippen molar-refractivity contribution in [1.29, 1.82) is 5.26 Å². The zero-order chi connectivity index (χ0) is 31.9. The van der Waals surface area contributed by atoms with Gasteiger partial charge in [-0.3, -0.25) is 9.20 Å². The second-order valence-electron chi connectivity index (χ2n) is 11.5. The summed E-state index contributed by atoms with van der Waals surface area (Å²) in [5.41, 5.74) is 4.57. The summed E-state index contributed by atoms with van der Waals surface area (Å²) in [6.45, 7) is 3.71. The summed E-state index contributed by atoms with van der Waals surface area (Å²) in [6.07, 6.45) is 6.21. The zero-order valence-electron chi connectivity index (χ0n) is 25.2. The van der Waals surface area contributed by atoms with Crippen molar-refractivity contribution in [3.8, 4) is 28.5 Å². The van der Waals surface area contributed by atoms with E-state index in [9.17, 15) is 19.6 Å². The van der Waals surface area contributed by atoms with Crippen molar-refractivity contribution in [2.75, 3.05) is 36.5 Å². The van der Waals surface area contributed by atoms with Crippen LogP contribution in [-0.2, 0) is 11.2 Å². The Morgan fingerprint density at radius 1 is 1.15 bits per heavy atom. The summed E-state index contributed by atoms with van der Waals surface area (Å²) >= 11 is 1.27. The standard InChI is InChI=1S/C32H31FN10O2S/c1-3-24-30(41(2)32-40-28(26(11-34)46-32)18-4-7-21(33)8-5-18)43-15-19(6-9-27(43)39-24)20-12-36-31(37-13-20)42-16-22(17-42)38-29(45)25-10-23(44)14-35-25/h4-9,12-13,15,22-23,25,35,44H,3,10,14,16-17H2,1-2H3,(H,38,45)/t23?,25-/m1/s1. The number of aliphatic hydroxyl groups excluding tert-OH is 1. The number of rotatable bonds is 8. The molecule has 234 valence electrons. The molecule has 12 nitrogen and oxygen atoms in total. The fraction of sp³-hybridized carbons (Fsp3) is 0.312. The Hall–Kier alpha value is -4.97. The van der Waals surface area contributed by atoms with Crippen LogP contribution >= 0.6 is 11.3 Å². The number of aromatic nitrogens is 5. The largest absolute Gasteiger partial charge is 0.392 e. The first-order valence-electron chi connectivity index (χ1n) is 15.0. The number of thiazole rings is 1. The van der Waals surface area contributed by atoms with Crippen LogP contribution in [0.4, 0.5) is 21.3 Å². The Balaban J connectivity index is 1.10. The fourth-order valence-electron chi connectivity index (χ4n) is 5.85. The molecule has 4 aromatic heterocycles. The highest BCUT2D eigenvalue weighted by atomic mass is 32.1. The molecular weight excluding hydrogens is 607 g/mol. The second kappa shape index (κ2) is 12.1. The molecule has 0 saturated carbocycles. The molecule has 0 spiro atoms. The van der Waals surface area contributed by atoms with E-state index in [4.69, 9.17) is 9.97 Å². The predicted octanol–water partition coefficient (Wildman–Crippen LogP) is 3.28. The average molecular weight is 639 g/mol. The summed E-state index contributed by atoms with van der Waals surface area (Å²) in [4.78, 5) is 35.6. The number of fused-ring (bicyclic) bond motifs is 1. The van der Waals surface area contributed by atoms with Crippen LogP contribution in [-0.4, -0.2) is 80.2 Å². The van der Waals surface area contributed by atoms with Gasteiger partial charge in [-0.05, 0) is 49.2 Å². The number of nitrogens with zero attached hydrogens (tertiary/aromatic N) is 8. The first-order valence-corrected chi connectivity index (χ1v) is 15.8. The number of nitrogens with one attached hydrogen (secondary N) is 2. The number of halogens is 1. The van der Waals surface area contributed by atoms with Gasteiger partial charge in [-0.25, -0.2) is 24.3 Å². The summed E-state index contributed by atoms with van der Waals surface area (Å²) < 4.78 is 15.5. The van der Waals surface area contributed by atoms with Crippen molar-refractivity contribution in [3.63, 3.8) is 0 Å². The van der Waals surface area contributed by atoms with Gasteiger partial charge in [0.25, 0.3) is 0 Å². The van der Waals surface area contributed by atoms with E-state index in [1.807, 2.05) is 46.5 Å². The van der Waals surface area contributed by atoms with E-state index in [-0.39, 0.29) is 23.8 Å². The van der Waals surface area contributed by atoms with Gasteiger partial charge in [0.15, 0.2) is 5.13 Å². The summed E-state index contributed by atoms with van der Waals surface area (Å²) in [5.74, 6) is 0.989. The highest BCUT2D eigenvalue weighted by Gasteiger charge is 2.34. The van der Waals surface area contributed by atoms with Gasteiger partial charge >= 0.3 is 0 Å². The number of amides is 1. The van der Waals surface area contributed by atoms with Crippen molar-refractivity contribution >= 4 is 39.8 Å². The summed E-state index contributed by atoms with van der Waals surface area (Å²) in [6, 6.07) is 11.8. The maximum atomic E-state index is 13.5. The maximum Gasteiger partial charge on any atom is 0.237 e. The molecule has 3 N–H and O–H groups in total. The second-order valence-corrected chi connectivity index (χ2v) is 12.4. The molecule has 46 heavy (non-hydrogen) atoms. The van der Waals surface area contributed by atoms with Crippen molar-refractivity contribution in [2.45, 2.75) is 38.0 Å². The molecule has 5 aromatic rings. The van der Waals surface area contributed by atoms with Crippen LogP contribution in [0.1, 0.15) is 23.9 Å². The lowest BCUT2D eigenvalue weighted by molar-refractivity contribution is -0.123. The molecule has 2 aliphatic heterocycles. The van der Waals surface area contributed by atoms with Gasteiger partial charge in [0.1, 0.15) is 33.9 Å². The number of anilines is 3. The van der Waals surface area contributed by atoms with E-state index in [0.717, 1.165) is 28.3 Å². The molecule has 14 heteroatoms. The molecule has 2 atom stereocenters. The van der Waals surface area contributed by atoms with Gasteiger partial charge in [0, 0.05) is 62.0 Å². The Labute approximate surface area is 268 Å². The normalized spacial score (nSPS) is 18.0. The van der Waals surface area contributed by atoms with Crippen LogP contribution < -0.4 is 20.4 Å². The van der Waals surface area contributed by atoms with Crippen molar-refractivity contribution in [3.05, 3.63) is 71.4 Å². The minimum absolute atomic E-state index is 0.0102. The van der Waals surface area contributed by atoms with E-state index < -0.39 is 6.10 Å². The lowest BCUT2D eigenvalue weighted by Crippen LogP contribution is -2.61. The van der Waals surface area contributed by atoms with Gasteiger partial charge in [-0.2, -0.15) is 5.26 Å². The van der Waals surface area contributed by atoms with E-state index in [2.05, 4.69) is 26.7 Å². The highest BCUT2D eigenvalue weighted by molar-refractivity contribution is 7.16. The van der Waals surface area contributed by atoms with Crippen molar-refractivity contribution in [1.82, 2.24) is 35.0 Å². The molecule has 6 heterocycles. The third kappa shape index (κ3) is 5.53. The van der Waals surface area contributed by atoms with E-state index in [1.165, 1.54) is 23.5 Å². The Bertz CT molecular complexity index is 1950. The van der Waals surface area contributed by atoms with Crippen LogP contribution in [0.5, 0.6) is 0 Å². The molecule has 0 radical (unpaired) electrons. The number of aryl methyl sites for hydroxylation is 1. The van der Waals surface area contributed by atoms with E-state index in [1.54, 1.807) is 24.5 Å². The number of imidazole rings is 1. The van der Waals surface area contributed by atoms with Crippen molar-refractivity contribution in [2.24, 2.45) is 0 Å². The third-order valence-electron chi connectivity index (χ3n) is 8.34. The number of aliphatic hydroxyl groups is 1. The van der Waals surface area contributed by atoms with Crippen molar-refractivity contribution < 1.29 is 14.3 Å². The summed E-state index contributed by atoms with van der Waals surface area (Å²) in [7, 11) is 1.90. The van der Waals surface area contributed by atoms with Gasteiger partial charge in [-0.1, -0.05) is 18.3 Å². The number of β-amino-alcohol motifs (C(OH)–C–C–N with tert-alkyl or cyclic N) is 1. The molecule has 0 aliphatic carbocycles. The van der Waals surface area contributed by atoms with Crippen LogP contribution in [0.2, 0.25) is 0 Å². The molecule has 2 aliphatic rings. The van der Waals surface area contributed by atoms with Gasteiger partial charge in [0.2, 0.25) is 11.9 Å². The quantitative estimate of drug-likeness (QED) is 0.231. The van der Waals surface area contributed by atoms with E-state index >= 15 is 0 Å². The summed E-state index contributed by atoms with van der Waals surface area (Å²) in [5, 5.41) is 26.2. The molecule has 0 bridgehead atoms. The lowest BCUT2D eigenvalue weighted by Gasteiger charge is -2.39. The number of carbonyl (C=O) groups excluding carboxylic acids is 1.